The summed E-state index contributed by atoms with van der Waals surface area (Å²) in [6.45, 7) is 1.62. The summed E-state index contributed by atoms with van der Waals surface area (Å²) in [5, 5.41) is 6.89. The number of aromatic amines is 1. The molecule has 2 aromatic carbocycles. The van der Waals surface area contributed by atoms with E-state index >= 15 is 0 Å². The van der Waals surface area contributed by atoms with Crippen molar-refractivity contribution in [2.45, 2.75) is 18.0 Å². The molecule has 6 heteroatoms. The minimum absolute atomic E-state index is 0.811. The molecule has 1 aromatic heterocycles. The fraction of sp³-hybridized carbons (Fsp3) is 0.211. The van der Waals surface area contributed by atoms with E-state index in [0.717, 1.165) is 29.5 Å². The van der Waals surface area contributed by atoms with Gasteiger partial charge in [-0.2, -0.15) is 5.10 Å². The number of methoxy groups -OCH3 is 2. The van der Waals surface area contributed by atoms with Gasteiger partial charge in [-0.25, -0.2) is 4.31 Å². The van der Waals surface area contributed by atoms with Gasteiger partial charge in [0.2, 0.25) is 0 Å². The molecule has 0 amide bonds. The zero-order valence-corrected chi connectivity index (χ0v) is 15.1. The Labute approximate surface area is 152 Å². The Morgan fingerprint density at radius 2 is 1.40 bits per heavy atom. The Morgan fingerprint density at radius 1 is 0.880 bits per heavy atom. The van der Waals surface area contributed by atoms with Gasteiger partial charge in [0.05, 0.1) is 25.3 Å². The zero-order chi connectivity index (χ0) is 17.5. The van der Waals surface area contributed by atoms with Gasteiger partial charge in [0, 0.05) is 19.3 Å². The Bertz CT molecular complexity index is 709. The molecule has 3 rings (SSSR count). The van der Waals surface area contributed by atoms with Crippen molar-refractivity contribution in [3.05, 3.63) is 72.1 Å². The molecule has 130 valence electrons. The lowest BCUT2D eigenvalue weighted by atomic mass is 10.2. The lowest BCUT2D eigenvalue weighted by Gasteiger charge is -2.21. The lowest BCUT2D eigenvalue weighted by molar-refractivity contribution is 0.413. The maximum absolute atomic E-state index is 5.23. The van der Waals surface area contributed by atoms with Crippen LogP contribution in [0.3, 0.4) is 0 Å². The average molecular weight is 355 g/mol. The summed E-state index contributed by atoms with van der Waals surface area (Å²) >= 11 is 1.68. The molecule has 0 saturated heterocycles. The van der Waals surface area contributed by atoms with Crippen molar-refractivity contribution in [3.8, 4) is 11.5 Å². The molecule has 0 aliphatic heterocycles. The molecule has 0 atom stereocenters. The van der Waals surface area contributed by atoms with E-state index in [1.54, 1.807) is 26.2 Å². The Balaban J connectivity index is 1.73. The largest absolute Gasteiger partial charge is 0.497 e. The lowest BCUT2D eigenvalue weighted by Crippen LogP contribution is -2.14. The van der Waals surface area contributed by atoms with Gasteiger partial charge in [0.15, 0.2) is 0 Å². The first-order valence-electron chi connectivity index (χ1n) is 7.94. The molecule has 5 nitrogen and oxygen atoms in total. The van der Waals surface area contributed by atoms with Gasteiger partial charge in [-0.3, -0.25) is 5.10 Å². The minimum atomic E-state index is 0.811. The Morgan fingerprint density at radius 3 is 1.80 bits per heavy atom. The molecule has 1 heterocycles. The van der Waals surface area contributed by atoms with E-state index in [1.165, 1.54) is 11.1 Å². The highest BCUT2D eigenvalue weighted by atomic mass is 32.2. The molecule has 0 aliphatic carbocycles. The highest BCUT2D eigenvalue weighted by Crippen LogP contribution is 2.27. The monoisotopic (exact) mass is 355 g/mol. The number of aromatic nitrogens is 2. The van der Waals surface area contributed by atoms with Gasteiger partial charge in [-0.05, 0) is 47.3 Å². The average Bonchev–Trinajstić information content (AvgIpc) is 3.16. The topological polar surface area (TPSA) is 50.4 Å². The van der Waals surface area contributed by atoms with Gasteiger partial charge in [0.25, 0.3) is 0 Å². The number of nitrogens with one attached hydrogen (secondary N) is 1. The zero-order valence-electron chi connectivity index (χ0n) is 14.3. The molecule has 25 heavy (non-hydrogen) atoms. The molecule has 0 saturated carbocycles. The van der Waals surface area contributed by atoms with E-state index in [1.807, 2.05) is 36.7 Å². The van der Waals surface area contributed by atoms with E-state index < -0.39 is 0 Å². The fourth-order valence-corrected chi connectivity index (χ4v) is 3.36. The van der Waals surface area contributed by atoms with Crippen LogP contribution in [0.2, 0.25) is 0 Å². The number of H-pyrrole nitrogens is 1. The van der Waals surface area contributed by atoms with Crippen LogP contribution in [0.15, 0.2) is 65.8 Å². The molecule has 0 radical (unpaired) electrons. The van der Waals surface area contributed by atoms with Gasteiger partial charge >= 0.3 is 0 Å². The molecule has 0 aliphatic rings. The molecule has 0 unspecified atom stereocenters. The molecule has 0 fully saturated rings. The highest BCUT2D eigenvalue weighted by molar-refractivity contribution is 7.97. The summed E-state index contributed by atoms with van der Waals surface area (Å²) in [6, 6.07) is 16.3. The molecule has 0 bridgehead atoms. The first-order valence-corrected chi connectivity index (χ1v) is 8.71. The van der Waals surface area contributed by atoms with Crippen LogP contribution in [0.25, 0.3) is 0 Å². The van der Waals surface area contributed by atoms with E-state index in [2.05, 4.69) is 38.8 Å². The summed E-state index contributed by atoms with van der Waals surface area (Å²) in [5.74, 6) is 1.74. The number of hydrogen-bond acceptors (Lipinski definition) is 5. The fourth-order valence-electron chi connectivity index (χ4n) is 2.43. The van der Waals surface area contributed by atoms with E-state index in [0.29, 0.717) is 0 Å². The normalized spacial score (nSPS) is 10.8. The second-order valence-electron chi connectivity index (χ2n) is 5.52. The maximum Gasteiger partial charge on any atom is 0.118 e. The predicted octanol–water partition coefficient (Wildman–Crippen LogP) is 4.14. The second-order valence-corrected chi connectivity index (χ2v) is 6.69. The van der Waals surface area contributed by atoms with E-state index in [9.17, 15) is 0 Å². The van der Waals surface area contributed by atoms with Crippen molar-refractivity contribution in [1.82, 2.24) is 14.5 Å². The summed E-state index contributed by atoms with van der Waals surface area (Å²) < 4.78 is 12.8. The van der Waals surface area contributed by atoms with Crippen molar-refractivity contribution in [2.75, 3.05) is 14.2 Å². The van der Waals surface area contributed by atoms with Crippen LogP contribution in [-0.4, -0.2) is 28.7 Å². The van der Waals surface area contributed by atoms with Crippen LogP contribution >= 0.6 is 11.9 Å². The molecule has 3 aromatic rings. The van der Waals surface area contributed by atoms with Crippen LogP contribution in [0.1, 0.15) is 11.1 Å². The third kappa shape index (κ3) is 5.01. The van der Waals surface area contributed by atoms with Crippen molar-refractivity contribution < 1.29 is 9.47 Å². The third-order valence-electron chi connectivity index (χ3n) is 3.74. The summed E-state index contributed by atoms with van der Waals surface area (Å²) in [4.78, 5) is 1.09. The van der Waals surface area contributed by atoms with Gasteiger partial charge in [0.1, 0.15) is 11.5 Å². The summed E-state index contributed by atoms with van der Waals surface area (Å²) in [7, 11) is 3.36. The van der Waals surface area contributed by atoms with Crippen molar-refractivity contribution in [1.29, 1.82) is 0 Å². The predicted molar refractivity (Wildman–Crippen MR) is 99.7 cm³/mol. The van der Waals surface area contributed by atoms with Crippen molar-refractivity contribution in [3.63, 3.8) is 0 Å². The van der Waals surface area contributed by atoms with Crippen LogP contribution in [0.4, 0.5) is 0 Å². The third-order valence-corrected chi connectivity index (χ3v) is 4.69. The van der Waals surface area contributed by atoms with Crippen molar-refractivity contribution >= 4 is 11.9 Å². The molecular weight excluding hydrogens is 334 g/mol. The van der Waals surface area contributed by atoms with Gasteiger partial charge < -0.3 is 9.47 Å². The first-order chi connectivity index (χ1) is 12.3. The smallest absolute Gasteiger partial charge is 0.118 e. The maximum atomic E-state index is 5.23. The van der Waals surface area contributed by atoms with Gasteiger partial charge in [-0.1, -0.05) is 24.3 Å². The number of hydrogen-bond donors (Lipinski definition) is 1. The van der Waals surface area contributed by atoms with E-state index in [-0.39, 0.29) is 0 Å². The molecule has 1 N–H and O–H groups in total. The van der Waals surface area contributed by atoms with Crippen LogP contribution < -0.4 is 9.47 Å². The van der Waals surface area contributed by atoms with Crippen molar-refractivity contribution in [2.24, 2.45) is 0 Å². The molecular formula is C19H21N3O2S. The van der Waals surface area contributed by atoms with Crippen LogP contribution in [0.5, 0.6) is 11.5 Å². The second kappa shape index (κ2) is 8.60. The number of ether oxygens (including phenoxy) is 2. The number of rotatable bonds is 8. The van der Waals surface area contributed by atoms with Gasteiger partial charge in [-0.15, -0.1) is 0 Å². The number of benzene rings is 2. The van der Waals surface area contributed by atoms with Crippen LogP contribution in [0, 0.1) is 0 Å². The summed E-state index contributed by atoms with van der Waals surface area (Å²) in [6.07, 6.45) is 3.74. The number of nitrogens with zero attached hydrogens (tertiary/aromatic N) is 2. The van der Waals surface area contributed by atoms with E-state index in [4.69, 9.17) is 9.47 Å². The Kier molecular flexibility index (Phi) is 5.98. The standard InChI is InChI=1S/C19H21N3O2S/c1-23-17-7-3-15(4-8-17)13-22(25-19-11-20-21-12-19)14-16-5-9-18(24-2)10-6-16/h3-12H,13-14H2,1-2H3,(H,20,21). The summed E-state index contributed by atoms with van der Waals surface area (Å²) in [5.41, 5.74) is 2.45. The molecule has 0 spiro atoms. The minimum Gasteiger partial charge on any atom is -0.497 e. The highest BCUT2D eigenvalue weighted by Gasteiger charge is 2.11. The quantitative estimate of drug-likeness (QED) is 0.616. The Hall–Kier alpha value is -2.44. The van der Waals surface area contributed by atoms with Crippen LogP contribution in [-0.2, 0) is 13.1 Å². The first kappa shape index (κ1) is 17.4. The SMILES string of the molecule is COc1ccc(CN(Cc2ccc(OC)cc2)Sc2cn[nH]c2)cc1.